The Morgan fingerprint density at radius 1 is 0.537 bits per heavy atom. The highest BCUT2D eigenvalue weighted by atomic mass is 32.2. The monoisotopic (exact) mass is 1880 g/mol. The lowest BCUT2D eigenvalue weighted by atomic mass is 9.97. The number of thioether (sulfide) groups is 1. The summed E-state index contributed by atoms with van der Waals surface area (Å²) < 4.78 is 0. The number of unbranched alkanes of at least 4 members (excludes halogenated alkanes) is 2. The van der Waals surface area contributed by atoms with E-state index in [9.17, 15) is 63.6 Å². The smallest absolute Gasteiger partial charge is 0.305 e. The molecule has 6 heterocycles. The van der Waals surface area contributed by atoms with Crippen molar-refractivity contribution in [1.29, 1.82) is 5.41 Å². The lowest BCUT2D eigenvalue weighted by Gasteiger charge is -2.38. The largest absolute Gasteiger partial charge is 0.508 e. The Bertz CT molecular complexity index is 5030. The number of hydrogen-bond donors (Lipinski definition) is 21. The summed E-state index contributed by atoms with van der Waals surface area (Å²) >= 11 is 0.770. The number of nitrogens with zero attached hydrogens (tertiary/aromatic N) is 5. The second-order valence-electron chi connectivity index (χ2n) is 34.8. The summed E-state index contributed by atoms with van der Waals surface area (Å²) in [5, 5.41) is 81.1. The van der Waals surface area contributed by atoms with Gasteiger partial charge in [-0.05, 0) is 111 Å². The predicted molar refractivity (Wildman–Crippen MR) is 492 cm³/mol. The number of primary amides is 1. The van der Waals surface area contributed by atoms with Gasteiger partial charge in [0.25, 0.3) is 0 Å². The van der Waals surface area contributed by atoms with Crippen molar-refractivity contribution in [3.8, 4) is 5.75 Å². The first kappa shape index (κ1) is 105. The van der Waals surface area contributed by atoms with Crippen LogP contribution < -0.4 is 75.7 Å². The van der Waals surface area contributed by atoms with E-state index in [1.54, 1.807) is 74.8 Å². The number of hydrogen-bond acceptors (Lipinski definition) is 23. The van der Waals surface area contributed by atoms with E-state index >= 15 is 38.4 Å². The second kappa shape index (κ2) is 50.2. The summed E-state index contributed by atoms with van der Waals surface area (Å²) in [6.45, 7) is 3.97. The molecule has 0 radical (unpaired) electrons. The van der Waals surface area contributed by atoms with Gasteiger partial charge in [0.15, 0.2) is 5.96 Å². The number of aromatic hydroxyl groups is 1. The van der Waals surface area contributed by atoms with Crippen LogP contribution in [0.1, 0.15) is 147 Å². The van der Waals surface area contributed by atoms with E-state index < -0.39 is 248 Å². The van der Waals surface area contributed by atoms with E-state index in [4.69, 9.17) is 22.6 Å². The normalized spacial score (nSPS) is 25.4. The minimum atomic E-state index is -1.89. The first-order valence-corrected chi connectivity index (χ1v) is 46.6. The molecule has 4 aliphatic rings. The van der Waals surface area contributed by atoms with Crippen LogP contribution in [0, 0.1) is 11.3 Å². The summed E-state index contributed by atoms with van der Waals surface area (Å²) in [6.07, 6.45) is 1.67. The maximum Gasteiger partial charge on any atom is 0.305 e. The van der Waals surface area contributed by atoms with E-state index in [1.807, 2.05) is 13.8 Å². The average molecular weight is 1890 g/mol. The molecular formula is C90H128N22O21S. The molecule has 730 valence electrons. The average Bonchev–Trinajstić information content (AvgIpc) is 1.70. The molecule has 4 aliphatic heterocycles. The van der Waals surface area contributed by atoms with Crippen molar-refractivity contribution in [3.05, 3.63) is 102 Å². The van der Waals surface area contributed by atoms with Gasteiger partial charge in [0.2, 0.25) is 94.5 Å². The van der Waals surface area contributed by atoms with Crippen molar-refractivity contribution in [2.75, 3.05) is 71.5 Å². The van der Waals surface area contributed by atoms with Gasteiger partial charge in [-0.3, -0.25) is 86.9 Å². The Balaban J connectivity index is 1.09. The lowest BCUT2D eigenvalue weighted by molar-refractivity contribution is -0.149. The third-order valence-electron chi connectivity index (χ3n) is 24.3. The molecule has 43 nitrogen and oxygen atoms in total. The number of aromatic amines is 2. The number of guanidine groups is 1. The Hall–Kier alpha value is -13.0. The van der Waals surface area contributed by atoms with E-state index in [2.05, 4.69) is 68.5 Å². The number of nitrogens with two attached hydrogens (primary N) is 3. The van der Waals surface area contributed by atoms with Crippen molar-refractivity contribution in [3.63, 3.8) is 0 Å². The zero-order valence-corrected chi connectivity index (χ0v) is 77.0. The number of fused-ring (bicyclic) bond motifs is 5. The van der Waals surface area contributed by atoms with Gasteiger partial charge in [0.05, 0.1) is 31.4 Å². The summed E-state index contributed by atoms with van der Waals surface area (Å²) in [5.74, 6) is -18.6. The molecule has 134 heavy (non-hydrogen) atoms. The lowest BCUT2D eigenvalue weighted by Crippen LogP contribution is -2.62. The Kier molecular flexibility index (Phi) is 39.2. The quantitative estimate of drug-likeness (QED) is 0.0159. The number of phenolic OH excluding ortho intramolecular Hbond substituents is 1. The summed E-state index contributed by atoms with van der Waals surface area (Å²) in [5.41, 5.74) is 19.9. The van der Waals surface area contributed by atoms with Crippen molar-refractivity contribution in [1.82, 2.24) is 93.0 Å². The number of aliphatic carboxylic acids is 1. The third-order valence-corrected chi connectivity index (χ3v) is 25.4. The number of carboxylic acid groups (broad SMARTS) is 1. The minimum Gasteiger partial charge on any atom is -0.508 e. The summed E-state index contributed by atoms with van der Waals surface area (Å²) in [4.78, 5) is 262. The number of phenols is 1. The molecule has 0 unspecified atom stereocenters. The number of aromatic nitrogens is 2. The number of para-hydroxylation sites is 2. The minimum absolute atomic E-state index is 0.0122. The van der Waals surface area contributed by atoms with Crippen LogP contribution in [-0.2, 0) is 101 Å². The molecule has 0 spiro atoms. The van der Waals surface area contributed by atoms with Gasteiger partial charge in [-0.2, -0.15) is 0 Å². The maximum atomic E-state index is 15.7. The van der Waals surface area contributed by atoms with E-state index in [1.165, 1.54) is 43.3 Å². The molecule has 0 aliphatic carbocycles. The highest BCUT2D eigenvalue weighted by Gasteiger charge is 2.47. The van der Waals surface area contributed by atoms with E-state index in [0.717, 1.165) is 31.4 Å². The number of nitrogens with one attached hydrogen (secondary N) is 14. The van der Waals surface area contributed by atoms with Gasteiger partial charge >= 0.3 is 5.97 Å². The Labute approximate surface area is 779 Å². The Morgan fingerprint density at radius 3 is 1.64 bits per heavy atom. The molecule has 44 heteroatoms. The topological polar surface area (TPSA) is 653 Å². The standard InChI is InChI=1S/C90H128N22O21S/c1-7-9-24-68-81(125)100-59(23-17-32-95-90(93)94)77(121)107-67(76(120)98-44-73(92)116)47-134-48-74(117)99-62(36-50-28-30-53(114)31-29-50)86(130)110-33-16-15-26-69(110)82(126)104-64(40-75(118)119)87(131)111-34-18-27-70(111)83(127)105-65(41-91)79(123)102-61(35-49(3)4)88(132)112-45-54(115)39-72(112)84(128)101-60(37-51-42-96-57-21-13-11-19-55(51)57)78(122)106-66(46-113)80(124)103-63(38-52-43-97-58-22-14-12-20-56(52)58)85(129)109(6)71(25-10-8-2)89(133)108(68)5/h11-14,19-22,28-31,42-43,49,54,59-72,96-97,113-115H,7-10,15-18,23-27,32-41,44-48,91H2,1-6H3,(H2,92,116)(H,98,120)(H,99,117)(H,100,125)(H,101,128)(H,102,123)(H,103,124)(H,104,126)(H,105,127)(H,106,122)(H,107,121)(H,118,119)(H4,93,94,95)/t54-,59+,60+,61+,62+,63+,64+,65+,66+,67+,68+,69+,70+,71+,72+/m1/s1. The molecule has 5 aromatic rings. The van der Waals surface area contributed by atoms with E-state index in [0.29, 0.717) is 77.0 Å². The number of benzene rings is 3. The maximum absolute atomic E-state index is 15.7. The van der Waals surface area contributed by atoms with Crippen molar-refractivity contribution >= 4 is 140 Å². The molecule has 4 fully saturated rings. The second-order valence-corrected chi connectivity index (χ2v) is 35.8. The van der Waals surface area contributed by atoms with Gasteiger partial charge in [0.1, 0.15) is 90.3 Å². The number of likely N-dealkylation sites (N-methyl/N-ethyl adjacent to an activating group) is 2. The SMILES string of the molecule is CCCC[C@H]1C(=O)N(C)[C@@H](CCCC)C(=O)N[C@@H](CCCNC(=N)N)C(=O)N[C@H](C(=O)NCC(N)=O)CSCC(=O)N[C@@H](Cc2ccc(O)cc2)C(=O)N2CCCC[C@H]2C(=O)N[C@@H](CC(=O)O)C(=O)N2CCC[C@H]2C(=O)N[C@@H](CN)C(=O)N[C@@H](CC(C)C)C(=O)N2C[C@H](O)C[C@H]2C(=O)N[C@@H](Cc2c[nH]c3ccccc23)C(=O)N[C@@H](CO)C(=O)N[C@@H](Cc2c[nH]c3ccccc23)C(=O)N1C. The van der Waals surface area contributed by atoms with Gasteiger partial charge < -0.3 is 131 Å². The van der Waals surface area contributed by atoms with Crippen LogP contribution in [0.25, 0.3) is 21.8 Å². The molecule has 2 aromatic heterocycles. The van der Waals surface area contributed by atoms with Crippen LogP contribution in [0.2, 0.25) is 0 Å². The number of amides is 16. The number of carbonyl (C=O) groups is 17. The number of piperidine rings is 1. The number of carboxylic acids is 1. The predicted octanol–water partition coefficient (Wildman–Crippen LogP) is -2.80. The zero-order chi connectivity index (χ0) is 97.7. The fourth-order valence-corrected chi connectivity index (χ4v) is 18.1. The van der Waals surface area contributed by atoms with Crippen LogP contribution in [0.4, 0.5) is 0 Å². The summed E-state index contributed by atoms with van der Waals surface area (Å²) in [6, 6.07) is -2.27. The van der Waals surface area contributed by atoms with E-state index in [-0.39, 0.29) is 102 Å². The number of H-pyrrole nitrogens is 2. The van der Waals surface area contributed by atoms with Crippen LogP contribution >= 0.6 is 11.8 Å². The highest BCUT2D eigenvalue weighted by Crippen LogP contribution is 2.29. The van der Waals surface area contributed by atoms with Gasteiger partial charge in [0, 0.05) is 112 Å². The van der Waals surface area contributed by atoms with Crippen LogP contribution in [0.15, 0.2) is 85.2 Å². The fourth-order valence-electron chi connectivity index (χ4n) is 17.2. The van der Waals surface area contributed by atoms with Crippen LogP contribution in [0.3, 0.4) is 0 Å². The zero-order valence-electron chi connectivity index (χ0n) is 76.2. The highest BCUT2D eigenvalue weighted by molar-refractivity contribution is 8.00. The molecule has 3 aromatic carbocycles. The van der Waals surface area contributed by atoms with Crippen molar-refractivity contribution < 1.29 is 102 Å². The molecule has 4 saturated heterocycles. The molecule has 24 N–H and O–H groups in total. The molecule has 9 rings (SSSR count). The van der Waals surface area contributed by atoms with Crippen molar-refractivity contribution in [2.24, 2.45) is 23.1 Å². The fraction of sp³-hybridized carbons (Fsp3) is 0.556. The third kappa shape index (κ3) is 28.8. The van der Waals surface area contributed by atoms with Crippen molar-refractivity contribution in [2.45, 2.75) is 240 Å². The molecule has 16 amide bonds. The van der Waals surface area contributed by atoms with Gasteiger partial charge in [-0.1, -0.05) is 102 Å². The number of aliphatic hydroxyl groups is 2. The molecule has 15 atom stereocenters. The first-order chi connectivity index (χ1) is 63.9. The first-order valence-electron chi connectivity index (χ1n) is 45.4. The molecular weight excluding hydrogens is 1760 g/mol. The number of aliphatic hydroxyl groups excluding tert-OH is 2. The van der Waals surface area contributed by atoms with Crippen LogP contribution in [-0.4, -0.2) is 324 Å². The summed E-state index contributed by atoms with van der Waals surface area (Å²) in [7, 11) is 2.68. The Morgan fingerprint density at radius 2 is 1.04 bits per heavy atom. The van der Waals surface area contributed by atoms with Gasteiger partial charge in [-0.15, -0.1) is 11.8 Å². The molecule has 0 bridgehead atoms. The number of rotatable bonds is 25. The van der Waals surface area contributed by atoms with Gasteiger partial charge in [-0.25, -0.2) is 0 Å². The number of carbonyl (C=O) groups excluding carboxylic acids is 16. The molecule has 0 saturated carbocycles. The van der Waals surface area contributed by atoms with Crippen LogP contribution in [0.5, 0.6) is 5.75 Å².